The molecule has 2 aromatic rings. The van der Waals surface area contributed by atoms with Crippen LogP contribution < -0.4 is 15.4 Å². The topological polar surface area (TPSA) is 144 Å². The molecule has 0 aliphatic rings. The Balaban J connectivity index is 0.00000450. The smallest absolute Gasteiger partial charge is 0.270 e. The Hall–Kier alpha value is -2.26. The van der Waals surface area contributed by atoms with E-state index in [0.717, 1.165) is 23.0 Å². The lowest BCUT2D eigenvalue weighted by molar-refractivity contribution is -0.385. The van der Waals surface area contributed by atoms with Crippen LogP contribution in [0.3, 0.4) is 0 Å². The number of non-ortho nitro benzene ring substituents is 1. The summed E-state index contributed by atoms with van der Waals surface area (Å²) >= 11 is 0. The Morgan fingerprint density at radius 2 is 1.97 bits per heavy atom. The molecule has 1 aromatic heterocycles. The molecule has 11 nitrogen and oxygen atoms in total. The van der Waals surface area contributed by atoms with Gasteiger partial charge in [-0.1, -0.05) is 6.07 Å². The van der Waals surface area contributed by atoms with Crippen LogP contribution in [0.25, 0.3) is 0 Å². The molecule has 3 N–H and O–H groups in total. The second kappa shape index (κ2) is 11.2. The zero-order valence-corrected chi connectivity index (χ0v) is 20.3. The number of nitro groups is 1. The maximum absolute atomic E-state index is 12.3. The number of hydrogen-bond donors (Lipinski definition) is 3. The highest BCUT2D eigenvalue weighted by molar-refractivity contribution is 14.0. The first kappa shape index (κ1) is 25.8. The van der Waals surface area contributed by atoms with Crippen molar-refractivity contribution < 1.29 is 13.3 Å². The van der Waals surface area contributed by atoms with Crippen LogP contribution in [-0.2, 0) is 23.6 Å². The van der Waals surface area contributed by atoms with Gasteiger partial charge < -0.3 is 10.6 Å². The standard InChI is InChI=1S/C17H25N7O4S.HI/c1-12-16(13(2)23(4)22-12)11-20-17(18-3)19-8-9-21-29(27,28)15-7-5-6-14(10-15)24(25)26;/h5-7,10,21H,8-9,11H2,1-4H3,(H2,18,19,20);1H. The fourth-order valence-corrected chi connectivity index (χ4v) is 3.75. The first-order valence-corrected chi connectivity index (χ1v) is 10.3. The summed E-state index contributed by atoms with van der Waals surface area (Å²) < 4.78 is 28.8. The van der Waals surface area contributed by atoms with Gasteiger partial charge >= 0.3 is 0 Å². The minimum Gasteiger partial charge on any atom is -0.355 e. The van der Waals surface area contributed by atoms with E-state index in [1.165, 1.54) is 18.2 Å². The van der Waals surface area contributed by atoms with E-state index < -0.39 is 14.9 Å². The van der Waals surface area contributed by atoms with Crippen LogP contribution in [0.5, 0.6) is 0 Å². The molecule has 166 valence electrons. The third-order valence-corrected chi connectivity index (χ3v) is 5.82. The van der Waals surface area contributed by atoms with Gasteiger partial charge in [-0.25, -0.2) is 13.1 Å². The van der Waals surface area contributed by atoms with Crippen molar-refractivity contribution in [1.29, 1.82) is 0 Å². The van der Waals surface area contributed by atoms with Gasteiger partial charge in [0, 0.05) is 57.1 Å². The zero-order chi connectivity index (χ0) is 21.6. The van der Waals surface area contributed by atoms with E-state index in [-0.39, 0.29) is 47.6 Å². The molecule has 0 atom stereocenters. The Morgan fingerprint density at radius 1 is 1.27 bits per heavy atom. The second-order valence-corrected chi connectivity index (χ2v) is 8.04. The summed E-state index contributed by atoms with van der Waals surface area (Å²) in [5, 5.41) is 21.3. The SMILES string of the molecule is CN=C(NCCNS(=O)(=O)c1cccc([N+](=O)[O-])c1)NCc1c(C)nn(C)c1C.I. The highest BCUT2D eigenvalue weighted by atomic mass is 127. The van der Waals surface area contributed by atoms with Crippen molar-refractivity contribution in [2.45, 2.75) is 25.3 Å². The summed E-state index contributed by atoms with van der Waals surface area (Å²) in [6.07, 6.45) is 0. The lowest BCUT2D eigenvalue weighted by Gasteiger charge is -2.13. The Bertz CT molecular complexity index is 1020. The largest absolute Gasteiger partial charge is 0.355 e. The number of nitrogens with zero attached hydrogens (tertiary/aromatic N) is 4. The number of nitrogens with one attached hydrogen (secondary N) is 3. The van der Waals surface area contributed by atoms with Gasteiger partial charge in [0.2, 0.25) is 10.0 Å². The summed E-state index contributed by atoms with van der Waals surface area (Å²) in [6.45, 7) is 4.80. The number of guanidine groups is 1. The number of aryl methyl sites for hydroxylation is 2. The first-order valence-electron chi connectivity index (χ1n) is 8.83. The fourth-order valence-electron chi connectivity index (χ4n) is 2.68. The summed E-state index contributed by atoms with van der Waals surface area (Å²) in [7, 11) is -0.353. The molecule has 13 heteroatoms. The minimum absolute atomic E-state index is 0. The van der Waals surface area contributed by atoms with E-state index in [4.69, 9.17) is 0 Å². The number of halogens is 1. The van der Waals surface area contributed by atoms with Gasteiger partial charge in [0.15, 0.2) is 5.96 Å². The predicted octanol–water partition coefficient (Wildman–Crippen LogP) is 1.21. The number of aliphatic imine (C=N–C) groups is 1. The molecule has 0 spiro atoms. The van der Waals surface area contributed by atoms with E-state index in [1.807, 2.05) is 25.6 Å². The van der Waals surface area contributed by atoms with Crippen LogP contribution in [0.2, 0.25) is 0 Å². The van der Waals surface area contributed by atoms with Crippen LogP contribution >= 0.6 is 24.0 Å². The molecule has 0 aliphatic carbocycles. The number of sulfonamides is 1. The van der Waals surface area contributed by atoms with Crippen molar-refractivity contribution in [3.8, 4) is 0 Å². The van der Waals surface area contributed by atoms with Gasteiger partial charge in [0.05, 0.1) is 15.5 Å². The molecule has 0 fully saturated rings. The van der Waals surface area contributed by atoms with E-state index in [2.05, 4.69) is 25.4 Å². The molecular formula is C17H26IN7O4S. The van der Waals surface area contributed by atoms with Gasteiger partial charge in [-0.05, 0) is 19.9 Å². The van der Waals surface area contributed by atoms with Gasteiger partial charge in [0.25, 0.3) is 5.69 Å². The number of aromatic nitrogens is 2. The summed E-state index contributed by atoms with van der Waals surface area (Å²) in [5.41, 5.74) is 2.77. The van der Waals surface area contributed by atoms with Crippen molar-refractivity contribution in [2.75, 3.05) is 20.1 Å². The quantitative estimate of drug-likeness (QED) is 0.112. The summed E-state index contributed by atoms with van der Waals surface area (Å²) in [6, 6.07) is 4.90. The maximum Gasteiger partial charge on any atom is 0.270 e. The fraction of sp³-hybridized carbons (Fsp3) is 0.412. The lowest BCUT2D eigenvalue weighted by Crippen LogP contribution is -2.41. The molecule has 30 heavy (non-hydrogen) atoms. The molecule has 2 rings (SSSR count). The van der Waals surface area contributed by atoms with Gasteiger partial charge in [-0.2, -0.15) is 5.10 Å². The Kier molecular flexibility index (Phi) is 9.64. The van der Waals surface area contributed by atoms with Crippen LogP contribution in [0.1, 0.15) is 17.0 Å². The molecule has 0 bridgehead atoms. The normalized spacial score (nSPS) is 11.7. The Labute approximate surface area is 192 Å². The molecule has 1 heterocycles. The highest BCUT2D eigenvalue weighted by Gasteiger charge is 2.17. The third-order valence-electron chi connectivity index (χ3n) is 4.36. The van der Waals surface area contributed by atoms with Crippen LogP contribution in [0.4, 0.5) is 5.69 Å². The van der Waals surface area contributed by atoms with E-state index in [0.29, 0.717) is 12.5 Å². The van der Waals surface area contributed by atoms with Gasteiger partial charge in [-0.3, -0.25) is 19.8 Å². The van der Waals surface area contributed by atoms with Crippen molar-refractivity contribution in [3.05, 3.63) is 51.3 Å². The van der Waals surface area contributed by atoms with Crippen LogP contribution in [-0.4, -0.2) is 49.2 Å². The van der Waals surface area contributed by atoms with E-state index in [1.54, 1.807) is 7.05 Å². The number of hydrogen-bond acceptors (Lipinski definition) is 6. The molecule has 0 saturated heterocycles. The average molecular weight is 551 g/mol. The molecule has 0 saturated carbocycles. The molecular weight excluding hydrogens is 525 g/mol. The molecule has 0 radical (unpaired) electrons. The summed E-state index contributed by atoms with van der Waals surface area (Å²) in [4.78, 5) is 14.1. The van der Waals surface area contributed by atoms with Crippen molar-refractivity contribution in [1.82, 2.24) is 25.1 Å². The van der Waals surface area contributed by atoms with Crippen molar-refractivity contribution in [3.63, 3.8) is 0 Å². The number of nitro benzene ring substituents is 1. The zero-order valence-electron chi connectivity index (χ0n) is 17.2. The van der Waals surface area contributed by atoms with Crippen LogP contribution in [0.15, 0.2) is 34.2 Å². The van der Waals surface area contributed by atoms with Crippen molar-refractivity contribution in [2.24, 2.45) is 12.0 Å². The van der Waals surface area contributed by atoms with Crippen molar-refractivity contribution >= 4 is 45.6 Å². The monoisotopic (exact) mass is 551 g/mol. The first-order chi connectivity index (χ1) is 13.7. The maximum atomic E-state index is 12.3. The molecule has 1 aromatic carbocycles. The van der Waals surface area contributed by atoms with Crippen LogP contribution in [0, 0.1) is 24.0 Å². The van der Waals surface area contributed by atoms with E-state index in [9.17, 15) is 18.5 Å². The summed E-state index contributed by atoms with van der Waals surface area (Å²) in [5.74, 6) is 0.516. The minimum atomic E-state index is -3.85. The number of benzene rings is 1. The molecule has 0 unspecified atom stereocenters. The molecule has 0 amide bonds. The van der Waals surface area contributed by atoms with Gasteiger partial charge in [0.1, 0.15) is 0 Å². The average Bonchev–Trinajstić information content (AvgIpc) is 2.93. The number of rotatable bonds is 8. The Morgan fingerprint density at radius 3 is 2.53 bits per heavy atom. The second-order valence-electron chi connectivity index (χ2n) is 6.28. The predicted molar refractivity (Wildman–Crippen MR) is 125 cm³/mol. The third kappa shape index (κ3) is 6.63. The lowest BCUT2D eigenvalue weighted by atomic mass is 10.2. The van der Waals surface area contributed by atoms with Gasteiger partial charge in [-0.15, -0.1) is 24.0 Å². The van der Waals surface area contributed by atoms with E-state index >= 15 is 0 Å². The highest BCUT2D eigenvalue weighted by Crippen LogP contribution is 2.16. The molecule has 0 aliphatic heterocycles.